The van der Waals surface area contributed by atoms with E-state index in [1.54, 1.807) is 24.5 Å². The van der Waals surface area contributed by atoms with Crippen LogP contribution in [0.3, 0.4) is 0 Å². The molecule has 0 radical (unpaired) electrons. The van der Waals surface area contributed by atoms with Crippen LogP contribution >= 0.6 is 11.3 Å². The molecule has 5 heteroatoms. The van der Waals surface area contributed by atoms with Crippen LogP contribution in [0.2, 0.25) is 0 Å². The van der Waals surface area contributed by atoms with Crippen LogP contribution in [0.1, 0.15) is 17.4 Å². The van der Waals surface area contributed by atoms with Crippen molar-refractivity contribution in [3.8, 4) is 0 Å². The van der Waals surface area contributed by atoms with Crippen LogP contribution in [0.5, 0.6) is 0 Å². The number of ether oxygens (including phenoxy) is 1. The van der Waals surface area contributed by atoms with Crippen molar-refractivity contribution in [3.63, 3.8) is 0 Å². The molecule has 0 fully saturated rings. The first-order chi connectivity index (χ1) is 9.71. The zero-order valence-electron chi connectivity index (χ0n) is 12.0. The fourth-order valence-corrected chi connectivity index (χ4v) is 3.45. The first-order valence-corrected chi connectivity index (χ1v) is 7.63. The number of hydrogen-bond donors (Lipinski definition) is 1. The van der Waals surface area contributed by atoms with Gasteiger partial charge in [0.15, 0.2) is 0 Å². The van der Waals surface area contributed by atoms with E-state index in [1.807, 2.05) is 6.07 Å². The predicted molar refractivity (Wildman–Crippen MR) is 82.5 cm³/mol. The largest absolute Gasteiger partial charge is 0.383 e. The van der Waals surface area contributed by atoms with Gasteiger partial charge in [-0.1, -0.05) is 13.0 Å². The molecular weight excluding hydrogens is 275 g/mol. The highest BCUT2D eigenvalue weighted by Crippen LogP contribution is 2.33. The summed E-state index contributed by atoms with van der Waals surface area (Å²) in [5.41, 5.74) is 6.86. The summed E-state index contributed by atoms with van der Waals surface area (Å²) >= 11 is 1.59. The van der Waals surface area contributed by atoms with Crippen molar-refractivity contribution in [3.05, 3.63) is 34.5 Å². The van der Waals surface area contributed by atoms with Crippen molar-refractivity contribution < 1.29 is 9.13 Å². The van der Waals surface area contributed by atoms with Crippen molar-refractivity contribution in [2.45, 2.75) is 20.0 Å². The normalized spacial score (nSPS) is 11.7. The van der Waals surface area contributed by atoms with Gasteiger partial charge in [0.1, 0.15) is 5.82 Å². The first kappa shape index (κ1) is 15.4. The zero-order valence-corrected chi connectivity index (χ0v) is 12.8. The van der Waals surface area contributed by atoms with Crippen LogP contribution in [-0.2, 0) is 17.8 Å². The molecule has 0 unspecified atom stereocenters. The maximum atomic E-state index is 14.1. The molecule has 1 heterocycles. The number of methoxy groups -OCH3 is 1. The maximum Gasteiger partial charge on any atom is 0.132 e. The Labute approximate surface area is 123 Å². The Morgan fingerprint density at radius 2 is 2.20 bits per heavy atom. The number of nitrogens with zero attached hydrogens (tertiary/aromatic N) is 1. The van der Waals surface area contributed by atoms with Gasteiger partial charge in [0, 0.05) is 41.7 Å². The third kappa shape index (κ3) is 3.17. The van der Waals surface area contributed by atoms with E-state index in [-0.39, 0.29) is 5.82 Å². The second-order valence-corrected chi connectivity index (χ2v) is 5.82. The molecule has 2 aromatic rings. The van der Waals surface area contributed by atoms with Crippen LogP contribution in [0.15, 0.2) is 18.2 Å². The van der Waals surface area contributed by atoms with Crippen LogP contribution in [0, 0.1) is 5.82 Å². The van der Waals surface area contributed by atoms with E-state index in [4.69, 9.17) is 10.5 Å². The Morgan fingerprint density at radius 1 is 1.40 bits per heavy atom. The zero-order chi connectivity index (χ0) is 14.5. The Hall–Kier alpha value is -1.01. The van der Waals surface area contributed by atoms with E-state index in [2.05, 4.69) is 11.8 Å². The van der Waals surface area contributed by atoms with Crippen molar-refractivity contribution in [1.29, 1.82) is 0 Å². The molecule has 3 nitrogen and oxygen atoms in total. The monoisotopic (exact) mass is 296 g/mol. The number of rotatable bonds is 7. The molecule has 1 aromatic carbocycles. The summed E-state index contributed by atoms with van der Waals surface area (Å²) in [7, 11) is 1.69. The number of likely N-dealkylation sites (N-methyl/N-ethyl adjacent to an activating group) is 1. The van der Waals surface area contributed by atoms with Gasteiger partial charge >= 0.3 is 0 Å². The minimum Gasteiger partial charge on any atom is -0.383 e. The predicted octanol–water partition coefficient (Wildman–Crippen LogP) is 2.97. The lowest BCUT2D eigenvalue weighted by molar-refractivity contribution is 0.147. The summed E-state index contributed by atoms with van der Waals surface area (Å²) in [6.07, 6.45) is 0. The molecule has 0 aliphatic heterocycles. The van der Waals surface area contributed by atoms with Crippen LogP contribution in [0.25, 0.3) is 10.1 Å². The second kappa shape index (κ2) is 7.13. The highest BCUT2D eigenvalue weighted by Gasteiger charge is 2.16. The number of thiophene rings is 1. The van der Waals surface area contributed by atoms with Gasteiger partial charge in [-0.25, -0.2) is 4.39 Å². The van der Waals surface area contributed by atoms with Gasteiger partial charge in [0.25, 0.3) is 0 Å². The number of nitrogens with two attached hydrogens (primary N) is 1. The van der Waals surface area contributed by atoms with Gasteiger partial charge in [-0.15, -0.1) is 11.3 Å². The molecule has 2 N–H and O–H groups in total. The first-order valence-electron chi connectivity index (χ1n) is 6.81. The molecule has 20 heavy (non-hydrogen) atoms. The Morgan fingerprint density at radius 3 is 2.85 bits per heavy atom. The van der Waals surface area contributed by atoms with Gasteiger partial charge in [-0.2, -0.15) is 0 Å². The van der Waals surface area contributed by atoms with Gasteiger partial charge in [0.05, 0.1) is 6.61 Å². The van der Waals surface area contributed by atoms with Crippen LogP contribution in [0.4, 0.5) is 4.39 Å². The number of halogens is 1. The molecule has 0 amide bonds. The summed E-state index contributed by atoms with van der Waals surface area (Å²) in [6.45, 7) is 5.68. The molecule has 0 saturated heterocycles. The van der Waals surface area contributed by atoms with E-state index < -0.39 is 0 Å². The number of benzene rings is 1. The summed E-state index contributed by atoms with van der Waals surface area (Å²) in [5.74, 6) is -0.156. The van der Waals surface area contributed by atoms with Crippen molar-refractivity contribution >= 4 is 21.4 Å². The molecular formula is C15H21FN2OS. The standard InChI is InChI=1S/C15H21FN2OS/c1-3-18(7-8-19-2)10-11-14(9-17)20-13-6-4-5-12(16)15(11)13/h4-6H,3,7-10,17H2,1-2H3. The lowest BCUT2D eigenvalue weighted by atomic mass is 10.1. The molecule has 0 atom stereocenters. The van der Waals surface area contributed by atoms with Gasteiger partial charge < -0.3 is 10.5 Å². The van der Waals surface area contributed by atoms with E-state index in [0.29, 0.717) is 19.7 Å². The van der Waals surface area contributed by atoms with E-state index in [1.165, 1.54) is 6.07 Å². The molecule has 110 valence electrons. The lowest BCUT2D eigenvalue weighted by Gasteiger charge is -2.20. The molecule has 0 spiro atoms. The Kier molecular flexibility index (Phi) is 5.48. The fraction of sp³-hybridized carbons (Fsp3) is 0.467. The van der Waals surface area contributed by atoms with Gasteiger partial charge in [-0.05, 0) is 24.2 Å². The Balaban J connectivity index is 2.36. The lowest BCUT2D eigenvalue weighted by Crippen LogP contribution is -2.27. The smallest absolute Gasteiger partial charge is 0.132 e. The van der Waals surface area contributed by atoms with E-state index in [0.717, 1.165) is 33.6 Å². The number of hydrogen-bond acceptors (Lipinski definition) is 4. The highest BCUT2D eigenvalue weighted by molar-refractivity contribution is 7.19. The third-order valence-electron chi connectivity index (χ3n) is 3.47. The average molecular weight is 296 g/mol. The summed E-state index contributed by atoms with van der Waals surface area (Å²) in [5, 5.41) is 0.730. The van der Waals surface area contributed by atoms with Crippen LogP contribution < -0.4 is 5.73 Å². The molecule has 2 rings (SSSR count). The second-order valence-electron chi connectivity index (χ2n) is 4.68. The average Bonchev–Trinajstić information content (AvgIpc) is 2.82. The van der Waals surface area contributed by atoms with E-state index in [9.17, 15) is 4.39 Å². The molecule has 1 aromatic heterocycles. The summed E-state index contributed by atoms with van der Waals surface area (Å²) in [4.78, 5) is 3.32. The highest BCUT2D eigenvalue weighted by atomic mass is 32.1. The molecule has 0 aliphatic carbocycles. The SMILES string of the molecule is CCN(CCOC)Cc1c(CN)sc2cccc(F)c12. The molecule has 0 saturated carbocycles. The van der Waals surface area contributed by atoms with Gasteiger partial charge in [-0.3, -0.25) is 4.90 Å². The quantitative estimate of drug-likeness (QED) is 0.853. The van der Waals surface area contributed by atoms with Crippen molar-refractivity contribution in [1.82, 2.24) is 4.90 Å². The topological polar surface area (TPSA) is 38.5 Å². The van der Waals surface area contributed by atoms with Gasteiger partial charge in [0.2, 0.25) is 0 Å². The van der Waals surface area contributed by atoms with E-state index >= 15 is 0 Å². The molecule has 0 bridgehead atoms. The van der Waals surface area contributed by atoms with Crippen molar-refractivity contribution in [2.24, 2.45) is 5.73 Å². The maximum absolute atomic E-state index is 14.1. The summed E-state index contributed by atoms with van der Waals surface area (Å²) in [6, 6.07) is 5.22. The summed E-state index contributed by atoms with van der Waals surface area (Å²) < 4.78 is 20.2. The third-order valence-corrected chi connectivity index (χ3v) is 4.69. The minimum absolute atomic E-state index is 0.156. The fourth-order valence-electron chi connectivity index (χ4n) is 2.34. The molecule has 0 aliphatic rings. The number of fused-ring (bicyclic) bond motifs is 1. The van der Waals surface area contributed by atoms with Crippen LogP contribution in [-0.4, -0.2) is 31.7 Å². The van der Waals surface area contributed by atoms with Crippen molar-refractivity contribution in [2.75, 3.05) is 26.8 Å². The Bertz CT molecular complexity index is 570. The minimum atomic E-state index is -0.156.